The molecule has 2 aromatic carbocycles. The normalized spacial score (nSPS) is 21.4. The summed E-state index contributed by atoms with van der Waals surface area (Å²) < 4.78 is 12.5. The average molecular weight is 580 g/mol. The zero-order valence-electron chi connectivity index (χ0n) is 22.1. The van der Waals surface area contributed by atoms with Crippen molar-refractivity contribution in [1.29, 1.82) is 0 Å². The van der Waals surface area contributed by atoms with Gasteiger partial charge < -0.3 is 20.0 Å². The summed E-state index contributed by atoms with van der Waals surface area (Å²) in [5.41, 5.74) is 2.90. The van der Waals surface area contributed by atoms with Crippen molar-refractivity contribution in [2.75, 3.05) is 32.9 Å². The number of nitrogens with zero attached hydrogens (tertiary/aromatic N) is 2. The van der Waals surface area contributed by atoms with Crippen LogP contribution in [-0.2, 0) is 11.2 Å². The Morgan fingerprint density at radius 2 is 1.64 bits per heavy atom. The zero-order valence-corrected chi connectivity index (χ0v) is 23.6. The number of alkyl halides is 1. The standard InChI is InChI=1S/C30H37Cl2FN2O4/c31-27-18-23(20-3-5-21(6-4-20)29(38)34(15-16-36)13-2-1-12-33)19-28(32)26(27)17-22-11-14-35(30(22)39)24-7-9-25(37)10-8-24/h3-6,18-19,22,24-25,36-37H,1-2,7-17H2/t22-,24?,25?/m0/s1. The lowest BCUT2D eigenvalue weighted by Gasteiger charge is -2.33. The molecule has 2 aromatic rings. The molecule has 0 radical (unpaired) electrons. The lowest BCUT2D eigenvalue weighted by Crippen LogP contribution is -2.41. The Morgan fingerprint density at radius 3 is 2.26 bits per heavy atom. The molecule has 1 heterocycles. The number of halogens is 3. The van der Waals surface area contributed by atoms with Gasteiger partial charge in [0, 0.05) is 47.2 Å². The van der Waals surface area contributed by atoms with Crippen LogP contribution in [0.2, 0.25) is 10.0 Å². The van der Waals surface area contributed by atoms with Gasteiger partial charge in [-0.2, -0.15) is 0 Å². The van der Waals surface area contributed by atoms with Crippen molar-refractivity contribution >= 4 is 35.0 Å². The molecular formula is C30H37Cl2FN2O4. The van der Waals surface area contributed by atoms with Crippen molar-refractivity contribution in [1.82, 2.24) is 9.80 Å². The minimum absolute atomic E-state index is 0.146. The second-order valence-corrected chi connectivity index (χ2v) is 11.4. The molecule has 2 fully saturated rings. The Hall–Kier alpha value is -2.19. The maximum Gasteiger partial charge on any atom is 0.253 e. The number of hydrogen-bond acceptors (Lipinski definition) is 4. The Kier molecular flexibility index (Phi) is 10.6. The maximum atomic E-state index is 13.2. The van der Waals surface area contributed by atoms with Crippen LogP contribution < -0.4 is 0 Å². The van der Waals surface area contributed by atoms with Crippen LogP contribution in [0.4, 0.5) is 4.39 Å². The largest absolute Gasteiger partial charge is 0.395 e. The Labute approximate surface area is 239 Å². The van der Waals surface area contributed by atoms with Gasteiger partial charge in [0.05, 0.1) is 19.4 Å². The highest BCUT2D eigenvalue weighted by Gasteiger charge is 2.37. The van der Waals surface area contributed by atoms with Crippen molar-refractivity contribution in [3.05, 3.63) is 57.6 Å². The average Bonchev–Trinajstić information content (AvgIpc) is 3.30. The Bertz CT molecular complexity index is 1120. The summed E-state index contributed by atoms with van der Waals surface area (Å²) in [6.07, 6.45) is 5.11. The molecule has 2 N–H and O–H groups in total. The molecule has 212 valence electrons. The molecule has 9 heteroatoms. The van der Waals surface area contributed by atoms with Crippen LogP contribution >= 0.6 is 23.2 Å². The van der Waals surface area contributed by atoms with E-state index in [9.17, 15) is 24.2 Å². The lowest BCUT2D eigenvalue weighted by molar-refractivity contribution is -0.133. The topological polar surface area (TPSA) is 81.1 Å². The van der Waals surface area contributed by atoms with Gasteiger partial charge in [0.2, 0.25) is 5.91 Å². The number of unbranched alkanes of at least 4 members (excludes halogenated alkanes) is 1. The molecule has 1 saturated heterocycles. The fraction of sp³-hybridized carbons (Fsp3) is 0.533. The van der Waals surface area contributed by atoms with Gasteiger partial charge in [0.1, 0.15) is 0 Å². The van der Waals surface area contributed by atoms with Crippen LogP contribution in [0.15, 0.2) is 36.4 Å². The molecule has 0 aromatic heterocycles. The first kappa shape index (κ1) is 29.8. The number of aliphatic hydroxyl groups is 2. The minimum Gasteiger partial charge on any atom is -0.395 e. The van der Waals surface area contributed by atoms with Crippen molar-refractivity contribution in [3.63, 3.8) is 0 Å². The van der Waals surface area contributed by atoms with E-state index < -0.39 is 6.67 Å². The van der Waals surface area contributed by atoms with E-state index in [0.717, 1.165) is 55.3 Å². The third-order valence-electron chi connectivity index (χ3n) is 7.98. The first-order valence-corrected chi connectivity index (χ1v) is 14.6. The van der Waals surface area contributed by atoms with Gasteiger partial charge in [-0.05, 0) is 92.3 Å². The highest BCUT2D eigenvalue weighted by molar-refractivity contribution is 6.36. The Morgan fingerprint density at radius 1 is 0.974 bits per heavy atom. The van der Waals surface area contributed by atoms with E-state index in [0.29, 0.717) is 41.4 Å². The molecule has 39 heavy (non-hydrogen) atoms. The molecule has 1 aliphatic carbocycles. The number of amides is 2. The highest BCUT2D eigenvalue weighted by Crippen LogP contribution is 2.36. The predicted octanol–water partition coefficient (Wildman–Crippen LogP) is 5.54. The van der Waals surface area contributed by atoms with Crippen LogP contribution in [0, 0.1) is 5.92 Å². The smallest absolute Gasteiger partial charge is 0.253 e. The quantitative estimate of drug-likeness (QED) is 0.343. The number of hydrogen-bond donors (Lipinski definition) is 2. The molecule has 0 spiro atoms. The van der Waals surface area contributed by atoms with Gasteiger partial charge in [-0.1, -0.05) is 35.3 Å². The van der Waals surface area contributed by atoms with Crippen molar-refractivity contribution in [2.24, 2.45) is 5.92 Å². The molecule has 0 unspecified atom stereocenters. The van der Waals surface area contributed by atoms with Crippen LogP contribution in [0.1, 0.15) is 60.9 Å². The fourth-order valence-corrected chi connectivity index (χ4v) is 6.36. The van der Waals surface area contributed by atoms with Crippen LogP contribution in [0.25, 0.3) is 11.1 Å². The molecule has 4 rings (SSSR count). The van der Waals surface area contributed by atoms with Crippen molar-refractivity contribution in [3.8, 4) is 11.1 Å². The molecule has 1 aliphatic heterocycles. The molecular weight excluding hydrogens is 542 g/mol. The third kappa shape index (κ3) is 7.31. The summed E-state index contributed by atoms with van der Waals surface area (Å²) in [5, 5.41) is 20.1. The van der Waals surface area contributed by atoms with E-state index in [1.807, 2.05) is 29.2 Å². The van der Waals surface area contributed by atoms with Gasteiger partial charge in [0.25, 0.3) is 5.91 Å². The monoisotopic (exact) mass is 578 g/mol. The first-order chi connectivity index (χ1) is 18.8. The summed E-state index contributed by atoms with van der Waals surface area (Å²) in [6.45, 7) is 0.737. The SMILES string of the molecule is O=C(c1ccc(-c2cc(Cl)c(C[C@@H]3CCN(C4CCC(O)CC4)C3=O)c(Cl)c2)cc1)N(CCO)CCCCF. The lowest BCUT2D eigenvalue weighted by atomic mass is 9.92. The van der Waals surface area contributed by atoms with E-state index in [1.54, 1.807) is 12.1 Å². The predicted molar refractivity (Wildman–Crippen MR) is 152 cm³/mol. The fourth-order valence-electron chi connectivity index (χ4n) is 5.72. The summed E-state index contributed by atoms with van der Waals surface area (Å²) >= 11 is 13.4. The van der Waals surface area contributed by atoms with Crippen molar-refractivity contribution in [2.45, 2.75) is 63.5 Å². The molecule has 2 amide bonds. The number of likely N-dealkylation sites (tertiary alicyclic amines) is 1. The van der Waals surface area contributed by atoms with Gasteiger partial charge >= 0.3 is 0 Å². The zero-order chi connectivity index (χ0) is 27.9. The summed E-state index contributed by atoms with van der Waals surface area (Å²) in [6, 6.07) is 11.0. The van der Waals surface area contributed by atoms with Crippen molar-refractivity contribution < 1.29 is 24.2 Å². The van der Waals surface area contributed by atoms with E-state index >= 15 is 0 Å². The number of benzene rings is 2. The molecule has 1 atom stereocenters. The van der Waals surface area contributed by atoms with Gasteiger partial charge in [-0.25, -0.2) is 0 Å². The van der Waals surface area contributed by atoms with Crippen LogP contribution in [0.5, 0.6) is 0 Å². The van der Waals surface area contributed by atoms with E-state index in [2.05, 4.69) is 0 Å². The third-order valence-corrected chi connectivity index (χ3v) is 8.66. The Balaban J connectivity index is 1.42. The minimum atomic E-state index is -0.429. The van der Waals surface area contributed by atoms with E-state index in [1.165, 1.54) is 4.90 Å². The molecule has 0 bridgehead atoms. The maximum absolute atomic E-state index is 13.2. The van der Waals surface area contributed by atoms with Crippen LogP contribution in [0.3, 0.4) is 0 Å². The summed E-state index contributed by atoms with van der Waals surface area (Å²) in [5.74, 6) is -0.219. The second-order valence-electron chi connectivity index (χ2n) is 10.6. The van der Waals surface area contributed by atoms with Crippen LogP contribution in [-0.4, -0.2) is 76.9 Å². The molecule has 6 nitrogen and oxygen atoms in total. The van der Waals surface area contributed by atoms with Gasteiger partial charge in [-0.3, -0.25) is 14.0 Å². The summed E-state index contributed by atoms with van der Waals surface area (Å²) in [4.78, 5) is 29.6. The van der Waals surface area contributed by atoms with Gasteiger partial charge in [-0.15, -0.1) is 0 Å². The van der Waals surface area contributed by atoms with Gasteiger partial charge in [0.15, 0.2) is 0 Å². The van der Waals surface area contributed by atoms with E-state index in [-0.39, 0.29) is 43.0 Å². The molecule has 2 aliphatic rings. The van der Waals surface area contributed by atoms with E-state index in [4.69, 9.17) is 23.2 Å². The number of rotatable bonds is 11. The molecule has 1 saturated carbocycles. The number of carbonyl (C=O) groups is 2. The number of carbonyl (C=O) groups excluding carboxylic acids is 2. The first-order valence-electron chi connectivity index (χ1n) is 13.8. The second kappa shape index (κ2) is 13.9. The highest BCUT2D eigenvalue weighted by atomic mass is 35.5. The number of aliphatic hydroxyl groups excluding tert-OH is 2. The summed E-state index contributed by atoms with van der Waals surface area (Å²) in [7, 11) is 0.